The Morgan fingerprint density at radius 3 is 2.78 bits per heavy atom. The third-order valence-corrected chi connectivity index (χ3v) is 3.72. The molecule has 1 aromatic carbocycles. The minimum absolute atomic E-state index is 0. The van der Waals surface area contributed by atoms with Crippen LogP contribution in [0, 0.1) is 0 Å². The molecular weight excluding hydrogens is 283 g/mol. The molecule has 0 fully saturated rings. The molecule has 0 radical (unpaired) electrons. The fourth-order valence-electron chi connectivity index (χ4n) is 1.52. The fourth-order valence-corrected chi connectivity index (χ4v) is 2.78. The van der Waals surface area contributed by atoms with Gasteiger partial charge in [0.15, 0.2) is 11.0 Å². The number of carbonyl (C=O) groups excluding carboxylic acids is 1. The van der Waals surface area contributed by atoms with Crippen molar-refractivity contribution in [1.82, 2.24) is 4.31 Å². The monoisotopic (exact) mass is 294 g/mol. The molecule has 0 bridgehead atoms. The minimum atomic E-state index is -1.45. The van der Waals surface area contributed by atoms with E-state index in [9.17, 15) is 9.00 Å². The molecule has 1 amide bonds. The summed E-state index contributed by atoms with van der Waals surface area (Å²) in [7, 11) is -0.0278. The van der Waals surface area contributed by atoms with Crippen LogP contribution in [0.15, 0.2) is 29.2 Å². The molecule has 0 saturated heterocycles. The third-order valence-electron chi connectivity index (χ3n) is 2.24. The van der Waals surface area contributed by atoms with Gasteiger partial charge in [0, 0.05) is 0 Å². The van der Waals surface area contributed by atoms with Crippen molar-refractivity contribution < 1.29 is 70.3 Å². The van der Waals surface area contributed by atoms with Crippen molar-refractivity contribution >= 4 is 16.9 Å². The maximum Gasteiger partial charge on any atom is 1.00 e. The van der Waals surface area contributed by atoms with Crippen LogP contribution >= 0.6 is 0 Å². The van der Waals surface area contributed by atoms with Crippen molar-refractivity contribution in [2.45, 2.75) is 4.90 Å². The molecule has 18 heavy (non-hydrogen) atoms. The molecule has 1 aliphatic heterocycles. The molecule has 1 heterocycles. The van der Waals surface area contributed by atoms with Gasteiger partial charge in [-0.2, -0.15) is 0 Å². The van der Waals surface area contributed by atoms with E-state index < -0.39 is 11.0 Å². The molecule has 2 rings (SSSR count). The molecule has 1 aliphatic rings. The summed E-state index contributed by atoms with van der Waals surface area (Å²) in [6, 6.07) is 6.84. The van der Waals surface area contributed by atoms with E-state index in [1.54, 1.807) is 24.3 Å². The maximum absolute atomic E-state index is 12.0. The van der Waals surface area contributed by atoms with Crippen molar-refractivity contribution in [2.24, 2.45) is 0 Å². The van der Waals surface area contributed by atoms with Gasteiger partial charge in [-0.25, -0.2) is 4.21 Å². The molecule has 1 unspecified atom stereocenters. The Morgan fingerprint density at radius 1 is 1.39 bits per heavy atom. The summed E-state index contributed by atoms with van der Waals surface area (Å²) < 4.78 is 13.2. The van der Waals surface area contributed by atoms with Gasteiger partial charge in [0.25, 0.3) is 5.91 Å². The van der Waals surface area contributed by atoms with Gasteiger partial charge in [0.05, 0.1) is 23.6 Å². The van der Waals surface area contributed by atoms with Gasteiger partial charge in [-0.1, -0.05) is 12.1 Å². The van der Waals surface area contributed by atoms with Crippen molar-refractivity contribution in [3.63, 3.8) is 0 Å². The predicted molar refractivity (Wildman–Crippen MR) is 60.2 cm³/mol. The molecular formula is C10H11KN2O4S. The average Bonchev–Trinajstić information content (AvgIpc) is 2.60. The molecule has 92 valence electrons. The van der Waals surface area contributed by atoms with Crippen LogP contribution in [0.2, 0.25) is 0 Å². The average molecular weight is 294 g/mol. The fraction of sp³-hybridized carbons (Fsp3) is 0.300. The zero-order chi connectivity index (χ0) is 12.3. The van der Waals surface area contributed by atoms with Crippen LogP contribution in [0.4, 0.5) is 0 Å². The standard InChI is InChI=1S/C10H11N2O4S.K/c1-11-16-15-7-6-12-10(13)8-4-2-3-5-9(8)17(12)14;/h2-5H,6-7H2,1H3;/q-1;+1. The first kappa shape index (κ1) is 16.4. The normalized spacial score (nSPS) is 17.5. The molecule has 6 nitrogen and oxygen atoms in total. The second-order valence-corrected chi connectivity index (χ2v) is 4.61. The van der Waals surface area contributed by atoms with E-state index in [-0.39, 0.29) is 70.4 Å². The SMILES string of the molecule is C[N-]OOCCN1C(=O)c2ccccc2S1=O.[K+]. The van der Waals surface area contributed by atoms with Crippen LogP contribution in [-0.4, -0.2) is 34.6 Å². The van der Waals surface area contributed by atoms with Crippen LogP contribution in [0.1, 0.15) is 10.4 Å². The largest absolute Gasteiger partial charge is 1.00 e. The van der Waals surface area contributed by atoms with Crippen LogP contribution in [0.25, 0.3) is 5.48 Å². The number of fused-ring (bicyclic) bond motifs is 1. The number of hydrogen-bond acceptors (Lipinski definition) is 4. The summed E-state index contributed by atoms with van der Waals surface area (Å²) in [4.78, 5) is 21.4. The Kier molecular flexibility index (Phi) is 7.14. The van der Waals surface area contributed by atoms with Gasteiger partial charge in [-0.05, 0) is 12.1 Å². The second-order valence-electron chi connectivity index (χ2n) is 3.23. The molecule has 0 spiro atoms. The first-order valence-electron chi connectivity index (χ1n) is 4.96. The number of hydroxylamine groups is 1. The quantitative estimate of drug-likeness (QED) is 0.274. The number of benzene rings is 1. The Bertz CT molecular complexity index is 422. The van der Waals surface area contributed by atoms with Gasteiger partial charge in [-0.3, -0.25) is 14.0 Å². The van der Waals surface area contributed by atoms with Gasteiger partial charge in [-0.15, -0.1) is 7.05 Å². The van der Waals surface area contributed by atoms with E-state index in [1.165, 1.54) is 11.4 Å². The van der Waals surface area contributed by atoms with E-state index in [0.717, 1.165) is 0 Å². The van der Waals surface area contributed by atoms with E-state index in [4.69, 9.17) is 0 Å². The summed E-state index contributed by atoms with van der Waals surface area (Å²) in [6.07, 6.45) is 0. The number of amides is 1. The Labute approximate surface area is 150 Å². The zero-order valence-electron chi connectivity index (χ0n) is 10.2. The zero-order valence-corrected chi connectivity index (χ0v) is 14.1. The molecule has 1 atom stereocenters. The van der Waals surface area contributed by atoms with E-state index in [1.807, 2.05) is 0 Å². The summed E-state index contributed by atoms with van der Waals surface area (Å²) in [5, 5.41) is 0. The second kappa shape index (κ2) is 7.83. The molecule has 0 aromatic heterocycles. The molecule has 0 aliphatic carbocycles. The van der Waals surface area contributed by atoms with Crippen LogP contribution in [0.3, 0.4) is 0 Å². The first-order valence-corrected chi connectivity index (χ1v) is 6.07. The molecule has 0 N–H and O–H groups in total. The summed E-state index contributed by atoms with van der Waals surface area (Å²) >= 11 is 0. The van der Waals surface area contributed by atoms with Crippen molar-refractivity contribution in [1.29, 1.82) is 0 Å². The van der Waals surface area contributed by atoms with Gasteiger partial charge in [0.2, 0.25) is 0 Å². The Hall–Kier alpha value is 0.356. The number of hydrogen-bond donors (Lipinski definition) is 0. The van der Waals surface area contributed by atoms with Gasteiger partial charge < -0.3 is 10.5 Å². The predicted octanol–water partition coefficient (Wildman–Crippen LogP) is -1.96. The summed E-state index contributed by atoms with van der Waals surface area (Å²) in [5.41, 5.74) is 3.75. The van der Waals surface area contributed by atoms with Crippen molar-refractivity contribution in [2.75, 3.05) is 20.2 Å². The third kappa shape index (κ3) is 3.47. The van der Waals surface area contributed by atoms with Gasteiger partial charge in [0.1, 0.15) is 0 Å². The van der Waals surface area contributed by atoms with E-state index in [2.05, 4.69) is 15.4 Å². The van der Waals surface area contributed by atoms with Crippen molar-refractivity contribution in [3.05, 3.63) is 35.3 Å². The minimum Gasteiger partial charge on any atom is -0.503 e. The Morgan fingerprint density at radius 2 is 2.11 bits per heavy atom. The van der Waals surface area contributed by atoms with Crippen LogP contribution < -0.4 is 51.4 Å². The van der Waals surface area contributed by atoms with Crippen LogP contribution in [-0.2, 0) is 20.9 Å². The molecule has 1 aromatic rings. The first-order chi connectivity index (χ1) is 8.25. The topological polar surface area (TPSA) is 69.9 Å². The van der Waals surface area contributed by atoms with E-state index >= 15 is 0 Å². The summed E-state index contributed by atoms with van der Waals surface area (Å²) in [6.45, 7) is 0.304. The van der Waals surface area contributed by atoms with Gasteiger partial charge >= 0.3 is 51.4 Å². The summed E-state index contributed by atoms with van der Waals surface area (Å²) in [5.74, 6) is -0.254. The molecule has 0 saturated carbocycles. The van der Waals surface area contributed by atoms with E-state index in [0.29, 0.717) is 10.5 Å². The number of carbonyl (C=O) groups is 1. The smallest absolute Gasteiger partial charge is 0.503 e. The Balaban J connectivity index is 0.00000162. The van der Waals surface area contributed by atoms with Crippen LogP contribution in [0.5, 0.6) is 0 Å². The number of rotatable bonds is 5. The molecule has 8 heteroatoms. The maximum atomic E-state index is 12.0. The number of nitrogens with zero attached hydrogens (tertiary/aromatic N) is 2. The van der Waals surface area contributed by atoms with Crippen molar-refractivity contribution in [3.8, 4) is 0 Å².